The number of rotatable bonds is 4. The number of amides is 2. The second kappa shape index (κ2) is 6.95. The Morgan fingerprint density at radius 2 is 1.80 bits per heavy atom. The van der Waals surface area contributed by atoms with Gasteiger partial charge in [0, 0.05) is 12.1 Å². The molecular weight excluding hydrogens is 256 g/mol. The second-order valence-corrected chi connectivity index (χ2v) is 6.34. The fourth-order valence-electron chi connectivity index (χ4n) is 2.91. The number of nitrogens with one attached hydrogen (secondary N) is 1. The van der Waals surface area contributed by atoms with E-state index in [-0.39, 0.29) is 23.9 Å². The fourth-order valence-corrected chi connectivity index (χ4v) is 2.91. The number of carbonyl (C=O) groups is 2. The normalized spacial score (nSPS) is 24.1. The van der Waals surface area contributed by atoms with E-state index in [2.05, 4.69) is 30.8 Å². The summed E-state index contributed by atoms with van der Waals surface area (Å²) in [4.78, 5) is 26.2. The first kappa shape index (κ1) is 16.8. The van der Waals surface area contributed by atoms with Gasteiger partial charge in [-0.3, -0.25) is 4.79 Å². The van der Waals surface area contributed by atoms with Crippen LogP contribution in [0.3, 0.4) is 0 Å². The van der Waals surface area contributed by atoms with Crippen molar-refractivity contribution in [1.29, 1.82) is 0 Å². The third kappa shape index (κ3) is 3.64. The van der Waals surface area contributed by atoms with Crippen LogP contribution in [0.15, 0.2) is 0 Å². The molecule has 0 saturated carbocycles. The van der Waals surface area contributed by atoms with Crippen molar-refractivity contribution < 1.29 is 14.3 Å². The van der Waals surface area contributed by atoms with E-state index in [0.29, 0.717) is 5.92 Å². The fraction of sp³-hybridized carbons (Fsp3) is 0.867. The zero-order valence-corrected chi connectivity index (χ0v) is 13.5. The van der Waals surface area contributed by atoms with Crippen molar-refractivity contribution in [2.24, 2.45) is 11.8 Å². The molecule has 1 N–H and O–H groups in total. The summed E-state index contributed by atoms with van der Waals surface area (Å²) in [5.41, 5.74) is 0. The molecule has 20 heavy (non-hydrogen) atoms. The smallest absolute Gasteiger partial charge is 0.407 e. The van der Waals surface area contributed by atoms with Gasteiger partial charge in [-0.1, -0.05) is 27.7 Å². The Morgan fingerprint density at radius 3 is 2.25 bits per heavy atom. The van der Waals surface area contributed by atoms with E-state index in [1.807, 2.05) is 18.7 Å². The topological polar surface area (TPSA) is 58.6 Å². The van der Waals surface area contributed by atoms with Crippen LogP contribution < -0.4 is 5.32 Å². The number of nitrogens with zero attached hydrogens (tertiary/aromatic N) is 1. The minimum absolute atomic E-state index is 0.00843. The molecule has 0 aromatic heterocycles. The summed E-state index contributed by atoms with van der Waals surface area (Å²) in [6, 6.07) is -0.0296. The lowest BCUT2D eigenvalue weighted by molar-refractivity contribution is -0.137. The molecule has 0 aliphatic carbocycles. The van der Waals surface area contributed by atoms with Crippen LogP contribution in [0.25, 0.3) is 0 Å². The molecule has 5 heteroatoms. The Labute approximate surface area is 122 Å². The highest BCUT2D eigenvalue weighted by molar-refractivity contribution is 5.86. The molecule has 0 radical (unpaired) electrons. The molecule has 0 aromatic carbocycles. The average molecular weight is 284 g/mol. The lowest BCUT2D eigenvalue weighted by Crippen LogP contribution is -2.54. The minimum atomic E-state index is -0.551. The van der Waals surface area contributed by atoms with Crippen molar-refractivity contribution in [3.8, 4) is 0 Å². The van der Waals surface area contributed by atoms with Gasteiger partial charge in [0.2, 0.25) is 5.91 Å². The Hall–Kier alpha value is -1.26. The Kier molecular flexibility index (Phi) is 5.84. The zero-order valence-electron chi connectivity index (χ0n) is 13.5. The summed E-state index contributed by atoms with van der Waals surface area (Å²) in [7, 11) is 1.31. The standard InChI is InChI=1S/C15H28N2O3/c1-9(2)12-8-7-11(5)17(12)14(18)13(10(3)4)16-15(19)20-6/h9-13H,7-8H2,1-6H3,(H,16,19)/t11-,12-,13-/m0/s1. The maximum Gasteiger partial charge on any atom is 0.407 e. The van der Waals surface area contributed by atoms with Gasteiger partial charge in [0.1, 0.15) is 6.04 Å². The monoisotopic (exact) mass is 284 g/mol. The van der Waals surface area contributed by atoms with E-state index in [0.717, 1.165) is 12.8 Å². The number of methoxy groups -OCH3 is 1. The first-order valence-electron chi connectivity index (χ1n) is 7.46. The summed E-state index contributed by atoms with van der Waals surface area (Å²) >= 11 is 0. The van der Waals surface area contributed by atoms with Crippen LogP contribution in [0.5, 0.6) is 0 Å². The molecule has 3 atom stereocenters. The summed E-state index contributed by atoms with van der Waals surface area (Å²) in [6.45, 7) is 10.2. The molecular formula is C15H28N2O3. The molecule has 1 saturated heterocycles. The number of hydrogen-bond acceptors (Lipinski definition) is 3. The average Bonchev–Trinajstić information content (AvgIpc) is 2.76. The molecule has 0 unspecified atom stereocenters. The highest BCUT2D eigenvalue weighted by Crippen LogP contribution is 2.30. The van der Waals surface area contributed by atoms with Crippen LogP contribution in [0.1, 0.15) is 47.5 Å². The summed E-state index contributed by atoms with van der Waals surface area (Å²) < 4.78 is 4.62. The van der Waals surface area contributed by atoms with Crippen molar-refractivity contribution >= 4 is 12.0 Å². The molecule has 1 aliphatic rings. The van der Waals surface area contributed by atoms with Gasteiger partial charge in [-0.05, 0) is 31.6 Å². The molecule has 5 nitrogen and oxygen atoms in total. The Morgan fingerprint density at radius 1 is 1.20 bits per heavy atom. The number of carbonyl (C=O) groups excluding carboxylic acids is 2. The lowest BCUT2D eigenvalue weighted by atomic mass is 9.99. The van der Waals surface area contributed by atoms with E-state index < -0.39 is 12.1 Å². The quantitative estimate of drug-likeness (QED) is 0.862. The van der Waals surface area contributed by atoms with Crippen LogP contribution in [0.2, 0.25) is 0 Å². The lowest BCUT2D eigenvalue weighted by Gasteiger charge is -2.35. The van der Waals surface area contributed by atoms with Gasteiger partial charge in [-0.2, -0.15) is 0 Å². The predicted octanol–water partition coefficient (Wildman–Crippen LogP) is 2.40. The van der Waals surface area contributed by atoms with Crippen molar-refractivity contribution in [1.82, 2.24) is 10.2 Å². The van der Waals surface area contributed by atoms with E-state index >= 15 is 0 Å². The third-order valence-corrected chi connectivity index (χ3v) is 4.13. The van der Waals surface area contributed by atoms with Crippen molar-refractivity contribution in [2.75, 3.05) is 7.11 Å². The van der Waals surface area contributed by atoms with Crippen molar-refractivity contribution in [2.45, 2.75) is 65.6 Å². The van der Waals surface area contributed by atoms with Gasteiger partial charge >= 0.3 is 6.09 Å². The first-order chi connectivity index (χ1) is 9.29. The number of ether oxygens (including phenoxy) is 1. The molecule has 1 rings (SSSR count). The molecule has 0 aromatic rings. The number of hydrogen-bond donors (Lipinski definition) is 1. The van der Waals surface area contributed by atoms with Gasteiger partial charge in [0.15, 0.2) is 0 Å². The minimum Gasteiger partial charge on any atom is -0.453 e. The molecule has 0 bridgehead atoms. The largest absolute Gasteiger partial charge is 0.453 e. The highest BCUT2D eigenvalue weighted by atomic mass is 16.5. The molecule has 0 spiro atoms. The Bertz CT molecular complexity index is 355. The molecule has 1 heterocycles. The van der Waals surface area contributed by atoms with E-state index in [9.17, 15) is 9.59 Å². The van der Waals surface area contributed by atoms with Gasteiger partial charge in [0.05, 0.1) is 7.11 Å². The SMILES string of the molecule is COC(=O)N[C@H](C(=O)N1[C@@H](C)CC[C@H]1C(C)C)C(C)C. The summed E-state index contributed by atoms with van der Waals surface area (Å²) in [5.74, 6) is 0.464. The summed E-state index contributed by atoms with van der Waals surface area (Å²) in [6.07, 6.45) is 1.51. The zero-order chi connectivity index (χ0) is 15.4. The summed E-state index contributed by atoms with van der Waals surface area (Å²) in [5, 5.41) is 2.67. The number of likely N-dealkylation sites (tertiary alicyclic amines) is 1. The second-order valence-electron chi connectivity index (χ2n) is 6.34. The third-order valence-electron chi connectivity index (χ3n) is 4.13. The maximum atomic E-state index is 12.8. The van der Waals surface area contributed by atoms with Gasteiger partial charge in [0.25, 0.3) is 0 Å². The predicted molar refractivity (Wildman–Crippen MR) is 78.3 cm³/mol. The van der Waals surface area contributed by atoms with Crippen LogP contribution in [-0.2, 0) is 9.53 Å². The Balaban J connectivity index is 2.90. The molecule has 2 amide bonds. The molecule has 1 aliphatic heterocycles. The highest BCUT2D eigenvalue weighted by Gasteiger charge is 2.40. The van der Waals surface area contributed by atoms with Crippen molar-refractivity contribution in [3.05, 3.63) is 0 Å². The van der Waals surface area contributed by atoms with Gasteiger partial charge in [-0.25, -0.2) is 4.79 Å². The first-order valence-corrected chi connectivity index (χ1v) is 7.46. The van der Waals surface area contributed by atoms with Crippen molar-refractivity contribution in [3.63, 3.8) is 0 Å². The van der Waals surface area contributed by atoms with Crippen LogP contribution in [0, 0.1) is 11.8 Å². The van der Waals surface area contributed by atoms with E-state index in [4.69, 9.17) is 0 Å². The van der Waals surface area contributed by atoms with Crippen LogP contribution in [0.4, 0.5) is 4.79 Å². The molecule has 1 fully saturated rings. The van der Waals surface area contributed by atoms with Crippen LogP contribution in [-0.4, -0.2) is 42.1 Å². The van der Waals surface area contributed by atoms with Crippen LogP contribution >= 0.6 is 0 Å². The van der Waals surface area contributed by atoms with E-state index in [1.165, 1.54) is 7.11 Å². The van der Waals surface area contributed by atoms with Gasteiger partial charge in [-0.15, -0.1) is 0 Å². The molecule has 116 valence electrons. The van der Waals surface area contributed by atoms with Gasteiger partial charge < -0.3 is 15.0 Å². The maximum absolute atomic E-state index is 12.8. The number of alkyl carbamates (subject to hydrolysis) is 1. The van der Waals surface area contributed by atoms with E-state index in [1.54, 1.807) is 0 Å².